The Balaban J connectivity index is 2.09. The Labute approximate surface area is 136 Å². The Morgan fingerprint density at radius 3 is 2.50 bits per heavy atom. The smallest absolute Gasteiger partial charge is 0.412 e. The molecule has 0 bridgehead atoms. The Kier molecular flexibility index (Phi) is 5.42. The molecule has 7 heteroatoms. The predicted molar refractivity (Wildman–Crippen MR) is 79.7 cm³/mol. The molecule has 24 heavy (non-hydrogen) atoms. The van der Waals surface area contributed by atoms with E-state index < -0.39 is 18.3 Å². The highest BCUT2D eigenvalue weighted by atomic mass is 19.4. The second-order valence-corrected chi connectivity index (χ2v) is 4.92. The van der Waals surface area contributed by atoms with E-state index in [9.17, 15) is 18.0 Å². The van der Waals surface area contributed by atoms with Crippen LogP contribution in [-0.2, 0) is 11.3 Å². The molecule has 0 fully saturated rings. The van der Waals surface area contributed by atoms with Crippen LogP contribution in [0.3, 0.4) is 0 Å². The van der Waals surface area contributed by atoms with Crippen LogP contribution >= 0.6 is 0 Å². The van der Waals surface area contributed by atoms with E-state index in [1.807, 2.05) is 0 Å². The normalized spacial score (nSPS) is 12.1. The highest BCUT2D eigenvalue weighted by molar-refractivity contribution is 5.68. The number of nitrogens with zero attached hydrogens (tertiary/aromatic N) is 1. The van der Waals surface area contributed by atoms with Gasteiger partial charge < -0.3 is 10.1 Å². The van der Waals surface area contributed by atoms with E-state index in [2.05, 4.69) is 0 Å². The minimum absolute atomic E-state index is 0.0706. The molecule has 1 amide bonds. The van der Waals surface area contributed by atoms with Gasteiger partial charge in [-0.2, -0.15) is 18.4 Å². The van der Waals surface area contributed by atoms with E-state index in [-0.39, 0.29) is 17.7 Å². The molecule has 0 aliphatic heterocycles. The molecule has 0 heterocycles. The fourth-order valence-corrected chi connectivity index (χ4v) is 2.02. The lowest BCUT2D eigenvalue weighted by Gasteiger charge is -2.22. The molecule has 4 nitrogen and oxygen atoms in total. The SMILES string of the molecule is N#Cc1cccc(C(NC(=O)OCc2ccccc2)C(F)(F)F)c1. The van der Waals surface area contributed by atoms with E-state index >= 15 is 0 Å². The molecule has 0 saturated heterocycles. The summed E-state index contributed by atoms with van der Waals surface area (Å²) in [5.41, 5.74) is 0.488. The summed E-state index contributed by atoms with van der Waals surface area (Å²) < 4.78 is 44.5. The summed E-state index contributed by atoms with van der Waals surface area (Å²) in [6, 6.07) is 13.1. The number of benzene rings is 2. The summed E-state index contributed by atoms with van der Waals surface area (Å²) in [6.45, 7) is -0.143. The number of nitrogens with one attached hydrogen (secondary N) is 1. The maximum Gasteiger partial charge on any atom is 0.412 e. The number of alkyl carbamates (subject to hydrolysis) is 1. The Morgan fingerprint density at radius 2 is 1.88 bits per heavy atom. The number of hydrogen-bond acceptors (Lipinski definition) is 3. The van der Waals surface area contributed by atoms with Crippen molar-refractivity contribution in [3.63, 3.8) is 0 Å². The van der Waals surface area contributed by atoms with Crippen molar-refractivity contribution in [2.75, 3.05) is 0 Å². The van der Waals surface area contributed by atoms with E-state index in [0.29, 0.717) is 5.56 Å². The third-order valence-corrected chi connectivity index (χ3v) is 3.15. The Morgan fingerprint density at radius 1 is 1.17 bits per heavy atom. The third-order valence-electron chi connectivity index (χ3n) is 3.15. The summed E-state index contributed by atoms with van der Waals surface area (Å²) >= 11 is 0. The van der Waals surface area contributed by atoms with Crippen molar-refractivity contribution in [2.24, 2.45) is 0 Å². The van der Waals surface area contributed by atoms with Crippen LogP contribution in [0.1, 0.15) is 22.7 Å². The minimum Gasteiger partial charge on any atom is -0.445 e. The van der Waals surface area contributed by atoms with E-state index in [4.69, 9.17) is 10.00 Å². The molecule has 1 N–H and O–H groups in total. The summed E-state index contributed by atoms with van der Waals surface area (Å²) in [6.07, 6.45) is -5.91. The molecule has 1 atom stereocenters. The van der Waals surface area contributed by atoms with Gasteiger partial charge in [-0.15, -0.1) is 0 Å². The molecule has 0 radical (unpaired) electrons. The zero-order valence-electron chi connectivity index (χ0n) is 12.4. The standard InChI is InChI=1S/C17H13F3N2O2/c18-17(19,20)15(14-8-4-7-13(9-14)10-21)22-16(23)24-11-12-5-2-1-3-6-12/h1-9,15H,11H2,(H,22,23). The van der Waals surface area contributed by atoms with Gasteiger partial charge in [0.1, 0.15) is 6.61 Å². The largest absolute Gasteiger partial charge is 0.445 e. The van der Waals surface area contributed by atoms with E-state index in [1.165, 1.54) is 18.2 Å². The van der Waals surface area contributed by atoms with Crippen LogP contribution in [0.25, 0.3) is 0 Å². The van der Waals surface area contributed by atoms with Crippen molar-refractivity contribution in [3.8, 4) is 6.07 Å². The first-order valence-corrected chi connectivity index (χ1v) is 6.94. The topological polar surface area (TPSA) is 62.1 Å². The maximum absolute atomic E-state index is 13.2. The van der Waals surface area contributed by atoms with Crippen LogP contribution in [0.2, 0.25) is 0 Å². The fourth-order valence-electron chi connectivity index (χ4n) is 2.02. The van der Waals surface area contributed by atoms with Crippen molar-refractivity contribution < 1.29 is 22.7 Å². The Hall–Kier alpha value is -3.01. The molecule has 2 rings (SSSR count). The number of rotatable bonds is 4. The Bertz CT molecular complexity index is 739. The van der Waals surface area contributed by atoms with Crippen molar-refractivity contribution in [3.05, 3.63) is 71.3 Å². The third kappa shape index (κ3) is 4.74. The lowest BCUT2D eigenvalue weighted by atomic mass is 10.0. The molecule has 0 spiro atoms. The van der Waals surface area contributed by atoms with Crippen LogP contribution < -0.4 is 5.32 Å². The number of carbonyl (C=O) groups excluding carboxylic acids is 1. The van der Waals surface area contributed by atoms with Crippen LogP contribution in [0.4, 0.5) is 18.0 Å². The van der Waals surface area contributed by atoms with Crippen molar-refractivity contribution in [1.82, 2.24) is 5.32 Å². The molecule has 2 aromatic carbocycles. The quantitative estimate of drug-likeness (QED) is 0.916. The van der Waals surface area contributed by atoms with Gasteiger partial charge in [0.05, 0.1) is 11.6 Å². The fraction of sp³-hybridized carbons (Fsp3) is 0.176. The number of amides is 1. The number of nitriles is 1. The first kappa shape index (κ1) is 17.3. The molecule has 1 unspecified atom stereocenters. The van der Waals surface area contributed by atoms with Crippen molar-refractivity contribution in [2.45, 2.75) is 18.8 Å². The van der Waals surface area contributed by atoms with Crippen molar-refractivity contribution in [1.29, 1.82) is 5.26 Å². The molecule has 0 aliphatic carbocycles. The van der Waals surface area contributed by atoms with Gasteiger partial charge in [0.2, 0.25) is 0 Å². The first-order chi connectivity index (χ1) is 11.4. The van der Waals surface area contributed by atoms with Gasteiger partial charge in [-0.05, 0) is 23.3 Å². The summed E-state index contributed by atoms with van der Waals surface area (Å²) in [5, 5.41) is 10.6. The van der Waals surface area contributed by atoms with Gasteiger partial charge in [0.25, 0.3) is 0 Å². The van der Waals surface area contributed by atoms with Crippen LogP contribution in [0, 0.1) is 11.3 Å². The van der Waals surface area contributed by atoms with Gasteiger partial charge in [0.15, 0.2) is 6.04 Å². The number of halogens is 3. The summed E-state index contributed by atoms with van der Waals surface area (Å²) in [4.78, 5) is 11.7. The van der Waals surface area contributed by atoms with Gasteiger partial charge >= 0.3 is 12.3 Å². The van der Waals surface area contributed by atoms with Crippen molar-refractivity contribution >= 4 is 6.09 Å². The summed E-state index contributed by atoms with van der Waals surface area (Å²) in [5.74, 6) is 0. The maximum atomic E-state index is 13.2. The number of hydrogen-bond donors (Lipinski definition) is 1. The zero-order chi connectivity index (χ0) is 17.6. The molecule has 0 saturated carbocycles. The number of ether oxygens (including phenoxy) is 1. The molecular weight excluding hydrogens is 321 g/mol. The lowest BCUT2D eigenvalue weighted by molar-refractivity contribution is -0.156. The predicted octanol–water partition coefficient (Wildman–Crippen LogP) is 4.09. The molecular formula is C17H13F3N2O2. The van der Waals surface area contributed by atoms with Gasteiger partial charge in [-0.3, -0.25) is 0 Å². The lowest BCUT2D eigenvalue weighted by Crippen LogP contribution is -2.38. The average molecular weight is 334 g/mol. The highest BCUT2D eigenvalue weighted by Crippen LogP contribution is 2.33. The monoisotopic (exact) mass is 334 g/mol. The molecule has 0 aliphatic rings. The zero-order valence-corrected chi connectivity index (χ0v) is 12.4. The van der Waals surface area contributed by atoms with Gasteiger partial charge in [-0.1, -0.05) is 42.5 Å². The number of alkyl halides is 3. The average Bonchev–Trinajstić information content (AvgIpc) is 2.58. The van der Waals surface area contributed by atoms with Gasteiger partial charge in [-0.25, -0.2) is 4.79 Å². The van der Waals surface area contributed by atoms with E-state index in [1.54, 1.807) is 41.7 Å². The second-order valence-electron chi connectivity index (χ2n) is 4.92. The molecule has 2 aromatic rings. The molecule has 124 valence electrons. The highest BCUT2D eigenvalue weighted by Gasteiger charge is 2.42. The van der Waals surface area contributed by atoms with Crippen LogP contribution in [0.5, 0.6) is 0 Å². The second kappa shape index (κ2) is 7.51. The van der Waals surface area contributed by atoms with Gasteiger partial charge in [0, 0.05) is 0 Å². The summed E-state index contributed by atoms with van der Waals surface area (Å²) in [7, 11) is 0. The molecule has 0 aromatic heterocycles. The van der Waals surface area contributed by atoms with Crippen LogP contribution in [0.15, 0.2) is 54.6 Å². The minimum atomic E-state index is -4.72. The first-order valence-electron chi connectivity index (χ1n) is 6.94. The van der Waals surface area contributed by atoms with Crippen LogP contribution in [-0.4, -0.2) is 12.3 Å². The van der Waals surface area contributed by atoms with E-state index in [0.717, 1.165) is 6.07 Å². The number of carbonyl (C=O) groups is 1.